The lowest BCUT2D eigenvalue weighted by atomic mass is 10.3. The van der Waals surface area contributed by atoms with Crippen LogP contribution < -0.4 is 9.47 Å². The fraction of sp³-hybridized carbons (Fsp3) is 0.133. The van der Waals surface area contributed by atoms with E-state index in [2.05, 4.69) is 15.9 Å². The third-order valence-electron chi connectivity index (χ3n) is 3.93. The van der Waals surface area contributed by atoms with Crippen molar-refractivity contribution in [2.24, 2.45) is 0 Å². The van der Waals surface area contributed by atoms with Crippen LogP contribution in [0.4, 0.5) is 5.69 Å². The minimum absolute atomic E-state index is 0.402. The maximum Gasteiger partial charge on any atom is 0.326 e. The molecule has 2 N–H and O–H groups in total. The van der Waals surface area contributed by atoms with E-state index in [0.717, 1.165) is 12.7 Å². The maximum atomic E-state index is 11.6. The van der Waals surface area contributed by atoms with Gasteiger partial charge in [0, 0.05) is 11.1 Å². The van der Waals surface area contributed by atoms with E-state index in [9.17, 15) is 25.9 Å². The van der Waals surface area contributed by atoms with Crippen LogP contribution in [0.2, 0.25) is 5.02 Å². The average Bonchev–Trinajstić information content (AvgIpc) is 3.19. The van der Waals surface area contributed by atoms with Crippen molar-refractivity contribution >= 4 is 104 Å². The van der Waals surface area contributed by atoms with E-state index in [4.69, 9.17) is 11.6 Å². The average molecular weight is 591 g/mol. The molecule has 1 aliphatic heterocycles. The molecular formula is C15H11BrClN2O6S5+. The summed E-state index contributed by atoms with van der Waals surface area (Å²) < 4.78 is 68.9. The largest absolute Gasteiger partial charge is 0.326 e. The lowest BCUT2D eigenvalue weighted by Crippen LogP contribution is -2.39. The Morgan fingerprint density at radius 2 is 1.87 bits per heavy atom. The molecule has 0 radical (unpaired) electrons. The summed E-state index contributed by atoms with van der Waals surface area (Å²) in [5, 5.41) is 1.35. The number of thioether (sulfide) groups is 1. The number of nitrogens with zero attached hydrogens (tertiary/aromatic N) is 2. The van der Waals surface area contributed by atoms with Crippen molar-refractivity contribution in [3.63, 3.8) is 0 Å². The first-order chi connectivity index (χ1) is 13.9. The molecule has 15 heteroatoms. The zero-order chi connectivity index (χ0) is 21.8. The van der Waals surface area contributed by atoms with Gasteiger partial charge in [-0.05, 0) is 34.1 Å². The van der Waals surface area contributed by atoms with Crippen molar-refractivity contribution in [1.29, 1.82) is 0 Å². The predicted molar refractivity (Wildman–Crippen MR) is 123 cm³/mol. The molecular weight excluding hydrogens is 580 g/mol. The van der Waals surface area contributed by atoms with E-state index < -0.39 is 32.0 Å². The Kier molecular flexibility index (Phi) is 6.00. The minimum atomic E-state index is -4.36. The number of rotatable bonds is 5. The highest BCUT2D eigenvalue weighted by molar-refractivity contribution is 9.11. The van der Waals surface area contributed by atoms with Gasteiger partial charge in [-0.25, -0.2) is 0 Å². The van der Waals surface area contributed by atoms with Crippen LogP contribution in [-0.4, -0.2) is 31.8 Å². The Labute approximate surface area is 197 Å². The number of hydrogen-bond donors (Lipinski definition) is 2. The van der Waals surface area contributed by atoms with E-state index in [1.807, 2.05) is 0 Å². The number of benzene rings is 1. The molecule has 3 aromatic rings. The number of fused-ring (bicyclic) bond motifs is 2. The van der Waals surface area contributed by atoms with Crippen molar-refractivity contribution in [2.45, 2.75) is 10.1 Å². The van der Waals surface area contributed by atoms with Gasteiger partial charge in [0.1, 0.15) is 4.70 Å². The summed E-state index contributed by atoms with van der Waals surface area (Å²) in [6, 6.07) is 6.73. The second-order valence-electron chi connectivity index (χ2n) is 6.14. The smallest absolute Gasteiger partial charge is 0.316 e. The second-order valence-corrected chi connectivity index (χ2v) is 14.2. The van der Waals surface area contributed by atoms with Crippen LogP contribution in [-0.2, 0) is 26.1 Å². The predicted octanol–water partition coefficient (Wildman–Crippen LogP) is 4.27. The third-order valence-corrected chi connectivity index (χ3v) is 9.31. The lowest BCUT2D eigenvalue weighted by Gasteiger charge is -2.17. The highest BCUT2D eigenvalue weighted by Crippen LogP contribution is 2.52. The Bertz CT molecular complexity index is 1410. The molecule has 0 bridgehead atoms. The summed E-state index contributed by atoms with van der Waals surface area (Å²) >= 11 is 13.4. The van der Waals surface area contributed by atoms with Crippen molar-refractivity contribution in [3.05, 3.63) is 43.1 Å². The number of thiophene rings is 1. The highest BCUT2D eigenvalue weighted by atomic mass is 79.9. The van der Waals surface area contributed by atoms with Crippen LogP contribution in [0, 0.1) is 0 Å². The van der Waals surface area contributed by atoms with Gasteiger partial charge in [-0.2, -0.15) is 21.4 Å². The first kappa shape index (κ1) is 22.5. The van der Waals surface area contributed by atoms with Gasteiger partial charge in [0.05, 0.1) is 24.8 Å². The summed E-state index contributed by atoms with van der Waals surface area (Å²) in [6.45, 7) is 0. The SMILES string of the molecule is O=S(=O)(O)CN1C(=Cc2sc3ccc(Cl)cc3[n+]2CS(=O)(=O)O)Sc2sc(Br)cc21. The molecule has 8 nitrogen and oxygen atoms in total. The molecule has 0 spiro atoms. The standard InChI is InChI=1S/C15H10BrClN2O6S5/c16-12-4-10-15(27-12)28-14(19(10)7-30(23,24)25)5-13-18(6-29(20,21)22)9-3-8(17)1-2-11(9)26-13/h1-5H,6-7H2,(H-,20,21,22,23,24,25)/p+1. The Balaban J connectivity index is 1.87. The molecule has 4 rings (SSSR count). The number of thiazole rings is 1. The topological polar surface area (TPSA) is 116 Å². The minimum Gasteiger partial charge on any atom is -0.316 e. The van der Waals surface area contributed by atoms with Gasteiger partial charge < -0.3 is 4.90 Å². The highest BCUT2D eigenvalue weighted by Gasteiger charge is 2.33. The van der Waals surface area contributed by atoms with E-state index in [-0.39, 0.29) is 0 Å². The van der Waals surface area contributed by atoms with Crippen LogP contribution >= 0.6 is 62.0 Å². The summed E-state index contributed by atoms with van der Waals surface area (Å²) in [5.41, 5.74) is 1.13. The van der Waals surface area contributed by atoms with Gasteiger partial charge in [-0.1, -0.05) is 34.7 Å². The van der Waals surface area contributed by atoms with Crippen molar-refractivity contribution in [1.82, 2.24) is 0 Å². The van der Waals surface area contributed by atoms with Crippen LogP contribution in [0.1, 0.15) is 5.01 Å². The Hall–Kier alpha value is -0.710. The Morgan fingerprint density at radius 3 is 2.53 bits per heavy atom. The van der Waals surface area contributed by atoms with Gasteiger partial charge in [0.15, 0.2) is 5.88 Å². The van der Waals surface area contributed by atoms with Crippen LogP contribution in [0.5, 0.6) is 0 Å². The maximum absolute atomic E-state index is 11.6. The quantitative estimate of drug-likeness (QED) is 0.334. The molecule has 0 fully saturated rings. The van der Waals surface area contributed by atoms with E-state index >= 15 is 0 Å². The molecule has 160 valence electrons. The summed E-state index contributed by atoms with van der Waals surface area (Å²) in [4.78, 5) is 1.44. The van der Waals surface area contributed by atoms with Crippen molar-refractivity contribution in [3.8, 4) is 0 Å². The zero-order valence-corrected chi connectivity index (χ0v) is 20.9. The molecule has 0 saturated heterocycles. The third kappa shape index (κ3) is 4.86. The molecule has 0 atom stereocenters. The zero-order valence-electron chi connectivity index (χ0n) is 14.5. The monoisotopic (exact) mass is 589 g/mol. The fourth-order valence-corrected chi connectivity index (χ4v) is 8.79. The van der Waals surface area contributed by atoms with Gasteiger partial charge in [0.25, 0.3) is 21.0 Å². The molecule has 0 amide bonds. The molecule has 1 aromatic carbocycles. The first-order valence-corrected chi connectivity index (χ1v) is 14.7. The van der Waals surface area contributed by atoms with Gasteiger partial charge in [0.2, 0.25) is 5.52 Å². The molecule has 30 heavy (non-hydrogen) atoms. The van der Waals surface area contributed by atoms with Crippen molar-refractivity contribution in [2.75, 3.05) is 10.8 Å². The van der Waals surface area contributed by atoms with Crippen LogP contribution in [0.25, 0.3) is 16.3 Å². The molecule has 0 saturated carbocycles. The normalized spacial score (nSPS) is 16.0. The summed E-state index contributed by atoms with van der Waals surface area (Å²) in [7, 11) is -8.69. The summed E-state index contributed by atoms with van der Waals surface area (Å²) in [5.74, 6) is -1.35. The molecule has 1 aliphatic rings. The molecule has 3 heterocycles. The lowest BCUT2D eigenvalue weighted by molar-refractivity contribution is -0.649. The number of anilines is 1. The van der Waals surface area contributed by atoms with Gasteiger partial charge in [-0.15, -0.1) is 11.3 Å². The first-order valence-electron chi connectivity index (χ1n) is 7.88. The van der Waals surface area contributed by atoms with Gasteiger partial charge >= 0.3 is 10.1 Å². The van der Waals surface area contributed by atoms with E-state index in [1.165, 1.54) is 43.9 Å². The van der Waals surface area contributed by atoms with Crippen LogP contribution in [0.15, 0.2) is 37.3 Å². The number of halogens is 2. The van der Waals surface area contributed by atoms with Crippen molar-refractivity contribution < 1.29 is 30.5 Å². The number of hydrogen-bond acceptors (Lipinski definition) is 8. The molecule has 0 aliphatic carbocycles. The number of aromatic nitrogens is 1. The molecule has 0 unspecified atom stereocenters. The van der Waals surface area contributed by atoms with E-state index in [1.54, 1.807) is 30.3 Å². The second kappa shape index (κ2) is 8.01. The van der Waals surface area contributed by atoms with Gasteiger partial charge in [-0.3, -0.25) is 9.11 Å². The Morgan fingerprint density at radius 1 is 1.13 bits per heavy atom. The molecule has 2 aromatic heterocycles. The summed E-state index contributed by atoms with van der Waals surface area (Å²) in [6.07, 6.45) is 1.63. The fourth-order valence-electron chi connectivity index (χ4n) is 2.85. The van der Waals surface area contributed by atoms with Crippen LogP contribution in [0.3, 0.4) is 0 Å². The van der Waals surface area contributed by atoms with E-state index in [0.29, 0.717) is 26.3 Å².